The van der Waals surface area contributed by atoms with E-state index in [0.29, 0.717) is 18.3 Å². The Bertz CT molecular complexity index is 322. The molecule has 0 amide bonds. The molecule has 0 radical (unpaired) electrons. The molecule has 5 nitrogen and oxygen atoms in total. The monoisotopic (exact) mass is 307 g/mol. The van der Waals surface area contributed by atoms with E-state index in [9.17, 15) is 8.42 Å². The molecular formula is C12H25N3O2S2. The zero-order valence-corrected chi connectivity index (χ0v) is 13.1. The van der Waals surface area contributed by atoms with Gasteiger partial charge in [-0.05, 0) is 18.6 Å². The van der Waals surface area contributed by atoms with Crippen molar-refractivity contribution in [2.45, 2.75) is 24.5 Å². The van der Waals surface area contributed by atoms with Crippen LogP contribution in [0.3, 0.4) is 0 Å². The van der Waals surface area contributed by atoms with E-state index < -0.39 is 10.0 Å². The van der Waals surface area contributed by atoms with Crippen molar-refractivity contribution < 1.29 is 8.42 Å². The highest BCUT2D eigenvalue weighted by molar-refractivity contribution is 8.00. The van der Waals surface area contributed by atoms with Crippen LogP contribution in [0.25, 0.3) is 0 Å². The molecule has 7 heteroatoms. The van der Waals surface area contributed by atoms with E-state index in [1.807, 2.05) is 11.8 Å². The molecule has 0 spiro atoms. The van der Waals surface area contributed by atoms with E-state index in [4.69, 9.17) is 0 Å². The summed E-state index contributed by atoms with van der Waals surface area (Å²) in [5.41, 5.74) is 0. The van der Waals surface area contributed by atoms with Crippen LogP contribution in [-0.4, -0.2) is 69.3 Å². The van der Waals surface area contributed by atoms with Crippen molar-refractivity contribution in [2.75, 3.05) is 50.8 Å². The molecule has 2 saturated heterocycles. The summed E-state index contributed by atoms with van der Waals surface area (Å²) in [4.78, 5) is 2.21. The maximum Gasteiger partial charge on any atom is 0.212 e. The zero-order chi connectivity index (χ0) is 13.6. The third-order valence-electron chi connectivity index (χ3n) is 3.69. The number of thioether (sulfide) groups is 1. The minimum atomic E-state index is -3.11. The van der Waals surface area contributed by atoms with Crippen LogP contribution >= 0.6 is 11.8 Å². The molecule has 2 heterocycles. The molecule has 0 aromatic heterocycles. The standard InChI is InChI=1S/C12H25N3O2S2/c16-19(17,10-8-15-6-4-13-5-7-15)14-11-12-3-1-2-9-18-12/h12-14H,1-11H2. The maximum atomic E-state index is 12.0. The van der Waals surface area contributed by atoms with E-state index in [0.717, 1.165) is 32.6 Å². The summed E-state index contributed by atoms with van der Waals surface area (Å²) >= 11 is 1.90. The van der Waals surface area contributed by atoms with E-state index in [1.54, 1.807) is 0 Å². The summed E-state index contributed by atoms with van der Waals surface area (Å²) in [5.74, 6) is 1.40. The molecule has 0 aromatic rings. The molecule has 2 rings (SSSR count). The summed E-state index contributed by atoms with van der Waals surface area (Å²) in [7, 11) is -3.11. The van der Waals surface area contributed by atoms with E-state index in [1.165, 1.54) is 18.6 Å². The fourth-order valence-corrected chi connectivity index (χ4v) is 4.89. The molecule has 19 heavy (non-hydrogen) atoms. The van der Waals surface area contributed by atoms with Gasteiger partial charge < -0.3 is 5.32 Å². The molecule has 112 valence electrons. The maximum absolute atomic E-state index is 12.0. The number of nitrogens with one attached hydrogen (secondary N) is 2. The van der Waals surface area contributed by atoms with Crippen LogP contribution in [0.5, 0.6) is 0 Å². The molecule has 0 saturated carbocycles. The fourth-order valence-electron chi connectivity index (χ4n) is 2.44. The Morgan fingerprint density at radius 2 is 2.05 bits per heavy atom. The van der Waals surface area contributed by atoms with Gasteiger partial charge in [0, 0.05) is 44.5 Å². The van der Waals surface area contributed by atoms with Gasteiger partial charge in [-0.1, -0.05) is 6.42 Å². The van der Waals surface area contributed by atoms with Crippen molar-refractivity contribution in [3.63, 3.8) is 0 Å². The molecule has 2 fully saturated rings. The highest BCUT2D eigenvalue weighted by Gasteiger charge is 2.19. The van der Waals surface area contributed by atoms with E-state index in [-0.39, 0.29) is 5.75 Å². The Labute approximate surface area is 120 Å². The highest BCUT2D eigenvalue weighted by Crippen LogP contribution is 2.24. The summed E-state index contributed by atoms with van der Waals surface area (Å²) in [5, 5.41) is 3.75. The third-order valence-corrected chi connectivity index (χ3v) is 6.42. The molecule has 0 aromatic carbocycles. The molecule has 2 N–H and O–H groups in total. The third kappa shape index (κ3) is 5.99. The fraction of sp³-hybridized carbons (Fsp3) is 1.00. The smallest absolute Gasteiger partial charge is 0.212 e. The topological polar surface area (TPSA) is 61.4 Å². The minimum Gasteiger partial charge on any atom is -0.314 e. The number of hydrogen-bond donors (Lipinski definition) is 2. The van der Waals surface area contributed by atoms with Crippen molar-refractivity contribution in [3.05, 3.63) is 0 Å². The van der Waals surface area contributed by atoms with Gasteiger partial charge in [0.25, 0.3) is 0 Å². The van der Waals surface area contributed by atoms with Gasteiger partial charge >= 0.3 is 0 Å². The number of sulfonamides is 1. The Morgan fingerprint density at radius 1 is 1.26 bits per heavy atom. The first-order chi connectivity index (χ1) is 9.16. The van der Waals surface area contributed by atoms with Crippen LogP contribution in [-0.2, 0) is 10.0 Å². The van der Waals surface area contributed by atoms with Crippen LogP contribution < -0.4 is 10.0 Å². The summed E-state index contributed by atoms with van der Waals surface area (Å²) in [6, 6.07) is 0. The van der Waals surface area contributed by atoms with Crippen molar-refractivity contribution in [1.29, 1.82) is 0 Å². The quantitative estimate of drug-likeness (QED) is 0.729. The Hall–Kier alpha value is 0.180. The average molecular weight is 307 g/mol. The van der Waals surface area contributed by atoms with E-state index in [2.05, 4.69) is 14.9 Å². The van der Waals surface area contributed by atoms with Crippen molar-refractivity contribution in [3.8, 4) is 0 Å². The molecular weight excluding hydrogens is 282 g/mol. The van der Waals surface area contributed by atoms with E-state index >= 15 is 0 Å². The first kappa shape index (κ1) is 15.6. The lowest BCUT2D eigenvalue weighted by Gasteiger charge is -2.27. The highest BCUT2D eigenvalue weighted by atomic mass is 32.2. The first-order valence-corrected chi connectivity index (χ1v) is 9.88. The number of nitrogens with zero attached hydrogens (tertiary/aromatic N) is 1. The second-order valence-electron chi connectivity index (χ2n) is 5.25. The van der Waals surface area contributed by atoms with Crippen LogP contribution in [0.4, 0.5) is 0 Å². The summed E-state index contributed by atoms with van der Waals surface area (Å²) in [6.45, 7) is 5.09. The molecule has 2 aliphatic heterocycles. The molecule has 0 aliphatic carbocycles. The van der Waals surface area contributed by atoms with Gasteiger partial charge in [0.05, 0.1) is 5.75 Å². The SMILES string of the molecule is O=S(=O)(CCN1CCNCC1)NCC1CCCCS1. The lowest BCUT2D eigenvalue weighted by molar-refractivity contribution is 0.253. The van der Waals surface area contributed by atoms with Crippen molar-refractivity contribution in [2.24, 2.45) is 0 Å². The number of rotatable bonds is 6. The van der Waals surface area contributed by atoms with Crippen LogP contribution in [0, 0.1) is 0 Å². The molecule has 1 unspecified atom stereocenters. The second-order valence-corrected chi connectivity index (χ2v) is 8.58. The van der Waals surface area contributed by atoms with Crippen molar-refractivity contribution >= 4 is 21.8 Å². The average Bonchev–Trinajstić information content (AvgIpc) is 2.46. The Balaban J connectivity index is 1.65. The van der Waals surface area contributed by atoms with Gasteiger partial charge in [0.2, 0.25) is 10.0 Å². The normalized spacial score (nSPS) is 26.4. The van der Waals surface area contributed by atoms with Crippen LogP contribution in [0.1, 0.15) is 19.3 Å². The lowest BCUT2D eigenvalue weighted by atomic mass is 10.2. The van der Waals surface area contributed by atoms with Gasteiger partial charge in [0.1, 0.15) is 0 Å². The zero-order valence-electron chi connectivity index (χ0n) is 11.4. The number of piperazine rings is 1. The van der Waals surface area contributed by atoms with Crippen molar-refractivity contribution in [1.82, 2.24) is 14.9 Å². The van der Waals surface area contributed by atoms with Gasteiger partial charge in [-0.3, -0.25) is 4.90 Å². The van der Waals surface area contributed by atoms with Gasteiger partial charge in [-0.25, -0.2) is 13.1 Å². The van der Waals surface area contributed by atoms with Crippen LogP contribution in [0.2, 0.25) is 0 Å². The summed E-state index contributed by atoms with van der Waals surface area (Å²) in [6.07, 6.45) is 3.65. The Kier molecular flexibility index (Phi) is 6.41. The lowest BCUT2D eigenvalue weighted by Crippen LogP contribution is -2.46. The molecule has 0 bridgehead atoms. The van der Waals surface area contributed by atoms with Gasteiger partial charge in [-0.2, -0.15) is 11.8 Å². The number of hydrogen-bond acceptors (Lipinski definition) is 5. The summed E-state index contributed by atoms with van der Waals surface area (Å²) < 4.78 is 26.7. The largest absolute Gasteiger partial charge is 0.314 e. The molecule has 2 aliphatic rings. The molecule has 1 atom stereocenters. The second kappa shape index (κ2) is 7.83. The predicted octanol–water partition coefficient (Wildman–Crippen LogP) is 0.0967. The van der Waals surface area contributed by atoms with Gasteiger partial charge in [0.15, 0.2) is 0 Å². The van der Waals surface area contributed by atoms with Gasteiger partial charge in [-0.15, -0.1) is 0 Å². The first-order valence-electron chi connectivity index (χ1n) is 7.18. The Morgan fingerprint density at radius 3 is 2.74 bits per heavy atom. The predicted molar refractivity (Wildman–Crippen MR) is 81.2 cm³/mol. The minimum absolute atomic E-state index is 0.227. The van der Waals surface area contributed by atoms with Crippen LogP contribution in [0.15, 0.2) is 0 Å².